The summed E-state index contributed by atoms with van der Waals surface area (Å²) in [6.45, 7) is 2.03. The number of aromatic nitrogens is 1. The Morgan fingerprint density at radius 1 is 1.23 bits per heavy atom. The number of sulfonamides is 1. The highest BCUT2D eigenvalue weighted by molar-refractivity contribution is 7.89. The highest BCUT2D eigenvalue weighted by atomic mass is 32.2. The summed E-state index contributed by atoms with van der Waals surface area (Å²) in [5, 5.41) is 3.64. The summed E-state index contributed by atoms with van der Waals surface area (Å²) in [4.78, 5) is 16.4. The van der Waals surface area contributed by atoms with Gasteiger partial charge in [-0.05, 0) is 42.8 Å². The molecule has 1 atom stereocenters. The fourth-order valence-corrected chi connectivity index (χ4v) is 5.00. The van der Waals surface area contributed by atoms with Crippen LogP contribution in [0.5, 0.6) is 0 Å². The van der Waals surface area contributed by atoms with E-state index in [0.717, 1.165) is 15.2 Å². The van der Waals surface area contributed by atoms with Crippen LogP contribution in [0.15, 0.2) is 47.4 Å². The standard InChI is InChI=1S/C18H17N3O3S2/c1-11-13-10-12(6-7-14(13)21-18(11)22)26(23,24)19-9-8-17-20-15-4-2-3-5-16(15)25-17/h2-7,10-11,19H,8-9H2,1H3,(H,21,22)/t11-/m0/s1. The van der Waals surface area contributed by atoms with Gasteiger partial charge in [0.25, 0.3) is 0 Å². The number of hydrogen-bond donors (Lipinski definition) is 2. The van der Waals surface area contributed by atoms with Crippen molar-refractivity contribution in [3.8, 4) is 0 Å². The Kier molecular flexibility index (Phi) is 4.26. The fraction of sp³-hybridized carbons (Fsp3) is 0.222. The summed E-state index contributed by atoms with van der Waals surface area (Å²) in [6, 6.07) is 12.6. The third-order valence-corrected chi connectivity index (χ3v) is 6.97. The van der Waals surface area contributed by atoms with Crippen LogP contribution < -0.4 is 10.0 Å². The van der Waals surface area contributed by atoms with E-state index in [0.29, 0.717) is 17.7 Å². The van der Waals surface area contributed by atoms with Crippen LogP contribution in [-0.4, -0.2) is 25.9 Å². The van der Waals surface area contributed by atoms with E-state index in [1.54, 1.807) is 30.4 Å². The molecule has 8 heteroatoms. The van der Waals surface area contributed by atoms with Crippen LogP contribution in [0.1, 0.15) is 23.4 Å². The van der Waals surface area contributed by atoms with Gasteiger partial charge < -0.3 is 5.32 Å². The third-order valence-electron chi connectivity index (χ3n) is 4.42. The lowest BCUT2D eigenvalue weighted by atomic mass is 10.0. The molecule has 1 amide bonds. The van der Waals surface area contributed by atoms with Crippen molar-refractivity contribution in [2.24, 2.45) is 0 Å². The summed E-state index contributed by atoms with van der Waals surface area (Å²) in [7, 11) is -3.64. The zero-order valence-corrected chi connectivity index (χ0v) is 15.7. The molecule has 2 N–H and O–H groups in total. The summed E-state index contributed by atoms with van der Waals surface area (Å²) in [5.74, 6) is -0.457. The predicted molar refractivity (Wildman–Crippen MR) is 102 cm³/mol. The number of carbonyl (C=O) groups is 1. The van der Waals surface area contributed by atoms with Crippen molar-refractivity contribution < 1.29 is 13.2 Å². The second kappa shape index (κ2) is 6.46. The number of rotatable bonds is 5. The normalized spacial score (nSPS) is 16.7. The molecule has 0 spiro atoms. The number of nitrogens with one attached hydrogen (secondary N) is 2. The molecule has 4 rings (SSSR count). The number of nitrogens with zero attached hydrogens (tertiary/aromatic N) is 1. The van der Waals surface area contributed by atoms with Crippen LogP contribution in [0.2, 0.25) is 0 Å². The molecule has 6 nitrogen and oxygen atoms in total. The summed E-state index contributed by atoms with van der Waals surface area (Å²) in [6.07, 6.45) is 0.528. The minimum atomic E-state index is -3.64. The molecule has 0 aliphatic carbocycles. The van der Waals surface area contributed by atoms with Crippen molar-refractivity contribution >= 4 is 43.2 Å². The number of hydrogen-bond acceptors (Lipinski definition) is 5. The first-order chi connectivity index (χ1) is 12.4. The molecule has 1 aliphatic rings. The highest BCUT2D eigenvalue weighted by Crippen LogP contribution is 2.33. The van der Waals surface area contributed by atoms with Crippen LogP contribution in [0, 0.1) is 0 Å². The van der Waals surface area contributed by atoms with Gasteiger partial charge in [-0.1, -0.05) is 12.1 Å². The van der Waals surface area contributed by atoms with Gasteiger partial charge in [0.05, 0.1) is 26.0 Å². The van der Waals surface area contributed by atoms with Crippen LogP contribution in [0.4, 0.5) is 5.69 Å². The molecule has 0 saturated carbocycles. The summed E-state index contributed by atoms with van der Waals surface area (Å²) in [5.41, 5.74) is 2.32. The molecule has 1 aliphatic heterocycles. The van der Waals surface area contributed by atoms with Crippen LogP contribution in [0.3, 0.4) is 0 Å². The van der Waals surface area contributed by atoms with Crippen molar-refractivity contribution in [1.29, 1.82) is 0 Å². The van der Waals surface area contributed by atoms with Gasteiger partial charge in [0, 0.05) is 18.7 Å². The van der Waals surface area contributed by atoms with E-state index < -0.39 is 10.0 Å². The number of anilines is 1. The van der Waals surface area contributed by atoms with Crippen LogP contribution >= 0.6 is 11.3 Å². The highest BCUT2D eigenvalue weighted by Gasteiger charge is 2.28. The average molecular weight is 387 g/mol. The molecule has 0 bridgehead atoms. The molecular formula is C18H17N3O3S2. The summed E-state index contributed by atoms with van der Waals surface area (Å²) >= 11 is 1.57. The number of fused-ring (bicyclic) bond motifs is 2. The maximum absolute atomic E-state index is 12.5. The zero-order chi connectivity index (χ0) is 18.3. The quantitative estimate of drug-likeness (QED) is 0.705. The van der Waals surface area contributed by atoms with Gasteiger partial charge >= 0.3 is 0 Å². The predicted octanol–water partition coefficient (Wildman–Crippen LogP) is 2.87. The Balaban J connectivity index is 1.47. The smallest absolute Gasteiger partial charge is 0.240 e. The molecule has 1 aromatic heterocycles. The number of thiazole rings is 1. The minimum Gasteiger partial charge on any atom is -0.325 e. The van der Waals surface area contributed by atoms with E-state index in [9.17, 15) is 13.2 Å². The Bertz CT molecular complexity index is 1070. The summed E-state index contributed by atoms with van der Waals surface area (Å²) < 4.78 is 28.8. The molecule has 134 valence electrons. The molecule has 0 saturated heterocycles. The maximum atomic E-state index is 12.5. The second-order valence-corrected chi connectivity index (χ2v) is 9.07. The fourth-order valence-electron chi connectivity index (χ4n) is 2.96. The topological polar surface area (TPSA) is 88.2 Å². The minimum absolute atomic E-state index is 0.113. The van der Waals surface area contributed by atoms with Crippen molar-refractivity contribution in [3.63, 3.8) is 0 Å². The lowest BCUT2D eigenvalue weighted by molar-refractivity contribution is -0.116. The van der Waals surface area contributed by atoms with Crippen molar-refractivity contribution in [3.05, 3.63) is 53.0 Å². The lowest BCUT2D eigenvalue weighted by Gasteiger charge is -2.08. The molecule has 2 heterocycles. The maximum Gasteiger partial charge on any atom is 0.240 e. The molecule has 2 aromatic carbocycles. The number of para-hydroxylation sites is 1. The molecule has 3 aromatic rings. The van der Waals surface area contributed by atoms with Gasteiger partial charge in [-0.25, -0.2) is 18.1 Å². The Morgan fingerprint density at radius 2 is 2.04 bits per heavy atom. The van der Waals surface area contributed by atoms with E-state index in [1.807, 2.05) is 24.3 Å². The average Bonchev–Trinajstić information content (AvgIpc) is 3.15. The first-order valence-electron chi connectivity index (χ1n) is 8.23. The Morgan fingerprint density at radius 3 is 2.85 bits per heavy atom. The second-order valence-electron chi connectivity index (χ2n) is 6.18. The van der Waals surface area contributed by atoms with E-state index in [1.165, 1.54) is 6.07 Å². The number of amides is 1. The van der Waals surface area contributed by atoms with E-state index in [2.05, 4.69) is 15.0 Å². The first kappa shape index (κ1) is 17.1. The monoisotopic (exact) mass is 387 g/mol. The van der Waals surface area contributed by atoms with Crippen molar-refractivity contribution in [1.82, 2.24) is 9.71 Å². The number of carbonyl (C=O) groups excluding carboxylic acids is 1. The van der Waals surface area contributed by atoms with Crippen LogP contribution in [-0.2, 0) is 21.2 Å². The van der Waals surface area contributed by atoms with Gasteiger partial charge in [0.2, 0.25) is 15.9 Å². The van der Waals surface area contributed by atoms with E-state index in [4.69, 9.17) is 0 Å². The van der Waals surface area contributed by atoms with Gasteiger partial charge in [0.15, 0.2) is 0 Å². The first-order valence-corrected chi connectivity index (χ1v) is 10.5. The lowest BCUT2D eigenvalue weighted by Crippen LogP contribution is -2.26. The molecule has 0 radical (unpaired) electrons. The Hall–Kier alpha value is -2.29. The van der Waals surface area contributed by atoms with Gasteiger partial charge in [-0.2, -0.15) is 0 Å². The number of benzene rings is 2. The zero-order valence-electron chi connectivity index (χ0n) is 14.0. The van der Waals surface area contributed by atoms with Gasteiger partial charge in [-0.3, -0.25) is 4.79 Å². The van der Waals surface area contributed by atoms with Crippen molar-refractivity contribution in [2.45, 2.75) is 24.2 Å². The molecule has 0 fully saturated rings. The van der Waals surface area contributed by atoms with Gasteiger partial charge in [0.1, 0.15) is 0 Å². The largest absolute Gasteiger partial charge is 0.325 e. The molecular weight excluding hydrogens is 370 g/mol. The van der Waals surface area contributed by atoms with Gasteiger partial charge in [-0.15, -0.1) is 11.3 Å². The molecule has 26 heavy (non-hydrogen) atoms. The van der Waals surface area contributed by atoms with E-state index >= 15 is 0 Å². The van der Waals surface area contributed by atoms with Crippen molar-refractivity contribution in [2.75, 3.05) is 11.9 Å². The SMILES string of the molecule is C[C@@H]1C(=O)Nc2ccc(S(=O)(=O)NCCc3nc4ccccc4s3)cc21. The van der Waals surface area contributed by atoms with E-state index in [-0.39, 0.29) is 23.3 Å². The Labute approximate surface area is 155 Å². The van der Waals surface area contributed by atoms with Crippen LogP contribution in [0.25, 0.3) is 10.2 Å². The third kappa shape index (κ3) is 3.11. The molecule has 0 unspecified atom stereocenters.